The highest BCUT2D eigenvalue weighted by molar-refractivity contribution is 5.91. The minimum atomic E-state index is -0.0838. The van der Waals surface area contributed by atoms with Crippen LogP contribution in [-0.4, -0.2) is 27.2 Å². The molecule has 0 saturated carbocycles. The topological polar surface area (TPSA) is 60.7 Å². The summed E-state index contributed by atoms with van der Waals surface area (Å²) < 4.78 is 12.3. The summed E-state index contributed by atoms with van der Waals surface area (Å²) in [4.78, 5) is 17.7. The molecule has 0 unspecified atom stereocenters. The van der Waals surface area contributed by atoms with Crippen LogP contribution in [0.15, 0.2) is 66.9 Å². The molecule has 0 aliphatic carbocycles. The van der Waals surface area contributed by atoms with Crippen molar-refractivity contribution >= 4 is 11.6 Å². The van der Waals surface area contributed by atoms with Crippen LogP contribution in [0.5, 0.6) is 11.5 Å². The minimum absolute atomic E-state index is 0.0838. The lowest BCUT2D eigenvalue weighted by atomic mass is 10.0. The van der Waals surface area contributed by atoms with Crippen molar-refractivity contribution in [1.82, 2.24) is 0 Å². The number of hydrogen-bond donors (Lipinski definition) is 1. The number of anilines is 1. The third-order valence-corrected chi connectivity index (χ3v) is 5.03. The highest BCUT2D eigenvalue weighted by Crippen LogP contribution is 2.28. The van der Waals surface area contributed by atoms with Gasteiger partial charge in [-0.1, -0.05) is 18.2 Å². The molecule has 2 aromatic carbocycles. The fraction of sp³-hybridized carbons (Fsp3) is 0.280. The van der Waals surface area contributed by atoms with Gasteiger partial charge in [-0.15, -0.1) is 0 Å². The molecule has 0 saturated heterocycles. The van der Waals surface area contributed by atoms with Crippen LogP contribution in [0.3, 0.4) is 0 Å². The van der Waals surface area contributed by atoms with Gasteiger partial charge in [-0.3, -0.25) is 9.63 Å². The van der Waals surface area contributed by atoms with E-state index in [-0.39, 0.29) is 12.3 Å². The molecule has 1 N–H and O–H groups in total. The van der Waals surface area contributed by atoms with E-state index in [0.717, 1.165) is 42.1 Å². The number of methoxy groups -OCH3 is 2. The summed E-state index contributed by atoms with van der Waals surface area (Å²) >= 11 is 0. The third kappa shape index (κ3) is 6.22. The average Bonchev–Trinajstić information content (AvgIpc) is 2.79. The first kappa shape index (κ1) is 22.2. The summed E-state index contributed by atoms with van der Waals surface area (Å²) in [6.07, 6.45) is 4.85. The molecule has 6 heteroatoms. The maximum Gasteiger partial charge on any atom is 0.243 e. The van der Waals surface area contributed by atoms with E-state index >= 15 is 0 Å². The van der Waals surface area contributed by atoms with E-state index in [4.69, 9.17) is 14.3 Å². The van der Waals surface area contributed by atoms with Crippen LogP contribution in [-0.2, 0) is 24.1 Å². The van der Waals surface area contributed by atoms with E-state index in [1.54, 1.807) is 32.3 Å². The molecule has 0 aliphatic heterocycles. The summed E-state index contributed by atoms with van der Waals surface area (Å²) in [5, 5.41) is 2.98. The van der Waals surface area contributed by atoms with Crippen LogP contribution in [0.4, 0.5) is 5.69 Å². The number of nitrogens with one attached hydrogen (secondary N) is 1. The quantitative estimate of drug-likeness (QED) is 0.510. The van der Waals surface area contributed by atoms with Crippen molar-refractivity contribution in [1.29, 1.82) is 0 Å². The van der Waals surface area contributed by atoms with Crippen LogP contribution in [0, 0.1) is 0 Å². The Morgan fingerprint density at radius 3 is 2.39 bits per heavy atom. The van der Waals surface area contributed by atoms with E-state index < -0.39 is 0 Å². The van der Waals surface area contributed by atoms with Gasteiger partial charge in [-0.2, -0.15) is 0 Å². The van der Waals surface area contributed by atoms with Crippen LogP contribution in [0.2, 0.25) is 0 Å². The van der Waals surface area contributed by atoms with Crippen molar-refractivity contribution in [2.45, 2.75) is 25.7 Å². The summed E-state index contributed by atoms with van der Waals surface area (Å²) in [6, 6.07) is 19.6. The number of pyridine rings is 1. The predicted molar refractivity (Wildman–Crippen MR) is 119 cm³/mol. The number of amides is 1. The van der Waals surface area contributed by atoms with E-state index in [2.05, 4.69) is 17.4 Å². The van der Waals surface area contributed by atoms with E-state index in [0.29, 0.717) is 0 Å². The van der Waals surface area contributed by atoms with Crippen molar-refractivity contribution in [3.8, 4) is 11.5 Å². The monoisotopic (exact) mass is 421 g/mol. The molecule has 0 fully saturated rings. The molecule has 3 aromatic rings. The molecule has 6 nitrogen and oxygen atoms in total. The Bertz CT molecular complexity index is 1020. The molecule has 1 heterocycles. The number of rotatable bonds is 10. The molecule has 1 amide bonds. The summed E-state index contributed by atoms with van der Waals surface area (Å²) in [5.74, 6) is 1.40. The molecular formula is C25H29N2O4+. The van der Waals surface area contributed by atoms with Gasteiger partial charge < -0.3 is 14.8 Å². The van der Waals surface area contributed by atoms with E-state index in [1.165, 1.54) is 11.1 Å². The van der Waals surface area contributed by atoms with Crippen molar-refractivity contribution in [2.75, 3.05) is 26.6 Å². The second kappa shape index (κ2) is 11.0. The zero-order valence-electron chi connectivity index (χ0n) is 18.3. The summed E-state index contributed by atoms with van der Waals surface area (Å²) in [7, 11) is 4.86. The first-order valence-electron chi connectivity index (χ1n) is 10.3. The first-order valence-corrected chi connectivity index (χ1v) is 10.3. The molecule has 0 radical (unpaired) electrons. The molecule has 0 bridgehead atoms. The van der Waals surface area contributed by atoms with Crippen LogP contribution >= 0.6 is 0 Å². The fourth-order valence-corrected chi connectivity index (χ4v) is 3.49. The lowest BCUT2D eigenvalue weighted by Gasteiger charge is -2.10. The number of carbonyl (C=O) groups excluding carboxylic acids is 1. The fourth-order valence-electron chi connectivity index (χ4n) is 3.49. The summed E-state index contributed by atoms with van der Waals surface area (Å²) in [6.45, 7) is 0. The minimum Gasteiger partial charge on any atom is -0.493 e. The third-order valence-electron chi connectivity index (χ3n) is 5.03. The molecule has 162 valence electrons. The lowest BCUT2D eigenvalue weighted by molar-refractivity contribution is -0.890. The van der Waals surface area contributed by atoms with E-state index in [1.807, 2.05) is 48.5 Å². The summed E-state index contributed by atoms with van der Waals surface area (Å²) in [5.41, 5.74) is 3.98. The van der Waals surface area contributed by atoms with Gasteiger partial charge in [-0.05, 0) is 60.7 Å². The Hall–Kier alpha value is -3.54. The zero-order chi connectivity index (χ0) is 22.1. The normalized spacial score (nSPS) is 10.4. The number of benzene rings is 2. The van der Waals surface area contributed by atoms with Gasteiger partial charge in [0.15, 0.2) is 11.5 Å². The van der Waals surface area contributed by atoms with Gasteiger partial charge in [0, 0.05) is 22.6 Å². The van der Waals surface area contributed by atoms with Gasteiger partial charge in [0.05, 0.1) is 14.2 Å². The highest BCUT2D eigenvalue weighted by atomic mass is 16.6. The van der Waals surface area contributed by atoms with Crippen LogP contribution in [0.25, 0.3) is 0 Å². The first-order chi connectivity index (χ1) is 15.1. The van der Waals surface area contributed by atoms with Crippen molar-refractivity contribution < 1.29 is 23.8 Å². The molecule has 0 spiro atoms. The lowest BCUT2D eigenvalue weighted by Crippen LogP contribution is -2.45. The second-order valence-corrected chi connectivity index (χ2v) is 7.17. The zero-order valence-corrected chi connectivity index (χ0v) is 18.3. The Kier molecular flexibility index (Phi) is 7.87. The number of carbonyl (C=O) groups is 1. The van der Waals surface area contributed by atoms with Crippen LogP contribution in [0.1, 0.15) is 23.2 Å². The molecule has 0 aliphatic rings. The molecule has 1 aromatic heterocycles. The highest BCUT2D eigenvalue weighted by Gasteiger charge is 2.15. The number of aryl methyl sites for hydroxylation is 2. The smallest absolute Gasteiger partial charge is 0.243 e. The Morgan fingerprint density at radius 2 is 1.65 bits per heavy atom. The predicted octanol–water partition coefficient (Wildman–Crippen LogP) is 3.41. The van der Waals surface area contributed by atoms with Gasteiger partial charge in [0.1, 0.15) is 13.5 Å². The number of aromatic nitrogens is 1. The van der Waals surface area contributed by atoms with Gasteiger partial charge in [-0.25, -0.2) is 0 Å². The molecular weight excluding hydrogens is 392 g/mol. The second-order valence-electron chi connectivity index (χ2n) is 7.17. The van der Waals surface area contributed by atoms with Gasteiger partial charge in [0.25, 0.3) is 0 Å². The molecule has 3 rings (SSSR count). The van der Waals surface area contributed by atoms with Crippen molar-refractivity contribution in [3.05, 3.63) is 83.7 Å². The van der Waals surface area contributed by atoms with Crippen molar-refractivity contribution in [3.63, 3.8) is 0 Å². The Labute approximate surface area is 183 Å². The average molecular weight is 422 g/mol. The standard InChI is InChI=1S/C25H28N2O4/c1-29-23-14-13-20(17-24(23)30-2)9-6-8-19-10-7-11-21(16-19)26-25(28)18-22-12-4-5-15-27(22)31-3/h4-5,7,10-17H,6,8-9,18H2,1-3H3/p+1. The largest absolute Gasteiger partial charge is 0.493 e. The van der Waals surface area contributed by atoms with Crippen LogP contribution < -0.4 is 24.4 Å². The number of nitrogens with zero attached hydrogens (tertiary/aromatic N) is 1. The maximum atomic E-state index is 12.5. The Balaban J connectivity index is 1.55. The van der Waals surface area contributed by atoms with Gasteiger partial charge in [0.2, 0.25) is 17.8 Å². The van der Waals surface area contributed by atoms with E-state index in [9.17, 15) is 4.79 Å². The van der Waals surface area contributed by atoms with Gasteiger partial charge >= 0.3 is 0 Å². The number of ether oxygens (including phenoxy) is 2. The molecule has 0 atom stereocenters. The van der Waals surface area contributed by atoms with Crippen molar-refractivity contribution in [2.24, 2.45) is 0 Å². The Morgan fingerprint density at radius 1 is 0.871 bits per heavy atom. The maximum absolute atomic E-state index is 12.5. The SMILES string of the molecule is COc1ccc(CCCc2cccc(NC(=O)Cc3cccc[n+]3OC)c2)cc1OC. The molecule has 31 heavy (non-hydrogen) atoms. The number of hydrogen-bond acceptors (Lipinski definition) is 4.